The van der Waals surface area contributed by atoms with Gasteiger partial charge in [0.15, 0.2) is 0 Å². The molecule has 2 aromatic rings. The number of fused-ring (bicyclic) bond motifs is 1. The Labute approximate surface area is 156 Å². The van der Waals surface area contributed by atoms with E-state index < -0.39 is 5.60 Å². The van der Waals surface area contributed by atoms with Gasteiger partial charge in [0.05, 0.1) is 5.52 Å². The second-order valence-electron chi connectivity index (χ2n) is 7.23. The molecular weight excluding hydrogens is 384 g/mol. The van der Waals surface area contributed by atoms with Gasteiger partial charge in [-0.25, -0.2) is 14.8 Å². The van der Waals surface area contributed by atoms with Crippen LogP contribution < -0.4 is 10.2 Å². The number of carbonyl (C=O) groups is 1. The minimum atomic E-state index is -0.491. The van der Waals surface area contributed by atoms with Gasteiger partial charge >= 0.3 is 6.09 Å². The molecule has 3 rings (SSSR count). The number of hydrogen-bond acceptors (Lipinski definition) is 5. The van der Waals surface area contributed by atoms with Crippen molar-refractivity contribution in [2.24, 2.45) is 0 Å². The number of carbonyl (C=O) groups excluding carboxylic acids is 1. The standard InChI is InChI=1S/C18H23BrN4O2/c1-18(2,3)25-17(24)20-10-13-5-4-8-23(13)16-14-9-12(19)6-7-15(14)21-11-22-16/h6-7,9,11,13H,4-5,8,10H2,1-3H3,(H,20,24)/t13-/m1/s1. The summed E-state index contributed by atoms with van der Waals surface area (Å²) in [5.74, 6) is 0.916. The molecule has 1 N–H and O–H groups in total. The molecule has 0 saturated carbocycles. The van der Waals surface area contributed by atoms with E-state index in [1.807, 2.05) is 39.0 Å². The molecule has 1 aromatic carbocycles. The number of halogens is 1. The minimum Gasteiger partial charge on any atom is -0.444 e. The molecule has 0 radical (unpaired) electrons. The van der Waals surface area contributed by atoms with E-state index in [-0.39, 0.29) is 12.1 Å². The first-order chi connectivity index (χ1) is 11.8. The average Bonchev–Trinajstić information content (AvgIpc) is 2.99. The summed E-state index contributed by atoms with van der Waals surface area (Å²) >= 11 is 3.52. The van der Waals surface area contributed by atoms with E-state index in [0.717, 1.165) is 40.6 Å². The van der Waals surface area contributed by atoms with Crippen LogP contribution in [0.2, 0.25) is 0 Å². The zero-order valence-electron chi connectivity index (χ0n) is 14.8. The number of aromatic nitrogens is 2. The van der Waals surface area contributed by atoms with E-state index in [4.69, 9.17) is 4.74 Å². The van der Waals surface area contributed by atoms with Gasteiger partial charge in [-0.3, -0.25) is 0 Å². The lowest BCUT2D eigenvalue weighted by atomic mass is 10.2. The summed E-state index contributed by atoms with van der Waals surface area (Å²) < 4.78 is 6.32. The fourth-order valence-electron chi connectivity index (χ4n) is 3.09. The molecular formula is C18H23BrN4O2. The van der Waals surface area contributed by atoms with Crippen molar-refractivity contribution in [2.45, 2.75) is 45.3 Å². The van der Waals surface area contributed by atoms with Gasteiger partial charge in [0.2, 0.25) is 0 Å². The van der Waals surface area contributed by atoms with Crippen LogP contribution in [0.3, 0.4) is 0 Å². The molecule has 0 unspecified atom stereocenters. The maximum Gasteiger partial charge on any atom is 0.407 e. The van der Waals surface area contributed by atoms with Crippen molar-refractivity contribution < 1.29 is 9.53 Å². The van der Waals surface area contributed by atoms with Crippen LogP contribution in [0.15, 0.2) is 29.0 Å². The topological polar surface area (TPSA) is 67.3 Å². The summed E-state index contributed by atoms with van der Waals surface area (Å²) in [6, 6.07) is 6.20. The fourth-order valence-corrected chi connectivity index (χ4v) is 3.45. The highest BCUT2D eigenvalue weighted by Gasteiger charge is 2.28. The number of ether oxygens (including phenoxy) is 1. The largest absolute Gasteiger partial charge is 0.444 e. The monoisotopic (exact) mass is 406 g/mol. The first kappa shape index (κ1) is 17.9. The predicted molar refractivity (Wildman–Crippen MR) is 102 cm³/mol. The molecule has 0 aliphatic carbocycles. The Kier molecular flexibility index (Phi) is 5.13. The summed E-state index contributed by atoms with van der Waals surface area (Å²) in [5.41, 5.74) is 0.424. The molecule has 6 nitrogen and oxygen atoms in total. The molecule has 1 amide bonds. The van der Waals surface area contributed by atoms with Crippen molar-refractivity contribution in [2.75, 3.05) is 18.0 Å². The number of anilines is 1. The third kappa shape index (κ3) is 4.39. The maximum absolute atomic E-state index is 11.9. The Bertz CT molecular complexity index is 775. The lowest BCUT2D eigenvalue weighted by Gasteiger charge is -2.27. The van der Waals surface area contributed by atoms with Crippen molar-refractivity contribution >= 4 is 38.7 Å². The Morgan fingerprint density at radius 1 is 1.40 bits per heavy atom. The summed E-state index contributed by atoms with van der Waals surface area (Å²) in [5, 5.41) is 3.90. The van der Waals surface area contributed by atoms with E-state index in [2.05, 4.69) is 36.1 Å². The van der Waals surface area contributed by atoms with Crippen LogP contribution in [-0.4, -0.2) is 40.8 Å². The smallest absolute Gasteiger partial charge is 0.407 e. The third-order valence-corrected chi connectivity index (χ3v) is 4.60. The van der Waals surface area contributed by atoms with Gasteiger partial charge in [0.25, 0.3) is 0 Å². The Hall–Kier alpha value is -1.89. The highest BCUT2D eigenvalue weighted by Crippen LogP contribution is 2.30. The number of benzene rings is 1. The molecule has 1 aliphatic rings. The van der Waals surface area contributed by atoms with Gasteiger partial charge in [0.1, 0.15) is 17.7 Å². The van der Waals surface area contributed by atoms with Crippen molar-refractivity contribution in [1.82, 2.24) is 15.3 Å². The highest BCUT2D eigenvalue weighted by molar-refractivity contribution is 9.10. The molecule has 134 valence electrons. The van der Waals surface area contributed by atoms with Gasteiger partial charge in [-0.2, -0.15) is 0 Å². The molecule has 1 fully saturated rings. The summed E-state index contributed by atoms with van der Waals surface area (Å²) in [7, 11) is 0. The van der Waals surface area contributed by atoms with Gasteiger partial charge in [-0.05, 0) is 51.8 Å². The highest BCUT2D eigenvalue weighted by atomic mass is 79.9. The zero-order valence-corrected chi connectivity index (χ0v) is 16.3. The molecule has 1 saturated heterocycles. The molecule has 1 aromatic heterocycles. The molecule has 0 bridgehead atoms. The number of nitrogens with zero attached hydrogens (tertiary/aromatic N) is 3. The second-order valence-corrected chi connectivity index (χ2v) is 8.15. The summed E-state index contributed by atoms with van der Waals surface area (Å²) in [6.07, 6.45) is 3.30. The Morgan fingerprint density at radius 3 is 2.96 bits per heavy atom. The molecule has 0 spiro atoms. The van der Waals surface area contributed by atoms with Gasteiger partial charge in [-0.1, -0.05) is 15.9 Å². The minimum absolute atomic E-state index is 0.199. The number of amides is 1. The van der Waals surface area contributed by atoms with E-state index in [0.29, 0.717) is 6.54 Å². The van der Waals surface area contributed by atoms with E-state index in [1.54, 1.807) is 6.33 Å². The lowest BCUT2D eigenvalue weighted by molar-refractivity contribution is 0.0525. The number of nitrogens with one attached hydrogen (secondary N) is 1. The van der Waals surface area contributed by atoms with Crippen molar-refractivity contribution in [1.29, 1.82) is 0 Å². The SMILES string of the molecule is CC(C)(C)OC(=O)NC[C@H]1CCCN1c1ncnc2ccc(Br)cc12. The zero-order chi connectivity index (χ0) is 18.0. The fraction of sp³-hybridized carbons (Fsp3) is 0.500. The van der Waals surface area contributed by atoms with Gasteiger partial charge in [-0.15, -0.1) is 0 Å². The van der Waals surface area contributed by atoms with Gasteiger partial charge < -0.3 is 15.0 Å². The Morgan fingerprint density at radius 2 is 2.20 bits per heavy atom. The van der Waals surface area contributed by atoms with Crippen LogP contribution in [0.4, 0.5) is 10.6 Å². The lowest BCUT2D eigenvalue weighted by Crippen LogP contribution is -2.42. The van der Waals surface area contributed by atoms with E-state index in [9.17, 15) is 4.79 Å². The third-order valence-electron chi connectivity index (χ3n) is 4.11. The van der Waals surface area contributed by atoms with E-state index >= 15 is 0 Å². The first-order valence-electron chi connectivity index (χ1n) is 8.47. The van der Waals surface area contributed by atoms with Crippen LogP contribution in [0.25, 0.3) is 10.9 Å². The van der Waals surface area contributed by atoms with Crippen molar-refractivity contribution in [3.05, 3.63) is 29.0 Å². The van der Waals surface area contributed by atoms with Gasteiger partial charge in [0, 0.05) is 29.0 Å². The van der Waals surface area contributed by atoms with Crippen LogP contribution in [0.5, 0.6) is 0 Å². The van der Waals surface area contributed by atoms with Crippen LogP contribution in [0, 0.1) is 0 Å². The number of alkyl carbamates (subject to hydrolysis) is 1. The average molecular weight is 407 g/mol. The molecule has 1 atom stereocenters. The molecule has 2 heterocycles. The van der Waals surface area contributed by atoms with Crippen LogP contribution >= 0.6 is 15.9 Å². The number of hydrogen-bond donors (Lipinski definition) is 1. The molecule has 25 heavy (non-hydrogen) atoms. The van der Waals surface area contributed by atoms with Crippen molar-refractivity contribution in [3.63, 3.8) is 0 Å². The van der Waals surface area contributed by atoms with Crippen molar-refractivity contribution in [3.8, 4) is 0 Å². The summed E-state index contributed by atoms with van der Waals surface area (Å²) in [6.45, 7) is 7.03. The van der Waals surface area contributed by atoms with Crippen LogP contribution in [-0.2, 0) is 4.74 Å². The summed E-state index contributed by atoms with van der Waals surface area (Å²) in [4.78, 5) is 23.1. The maximum atomic E-state index is 11.9. The second kappa shape index (κ2) is 7.15. The number of rotatable bonds is 3. The first-order valence-corrected chi connectivity index (χ1v) is 9.26. The quantitative estimate of drug-likeness (QED) is 0.837. The molecule has 1 aliphatic heterocycles. The Balaban J connectivity index is 1.76. The predicted octanol–water partition coefficient (Wildman–Crippen LogP) is 3.89. The van der Waals surface area contributed by atoms with Crippen LogP contribution in [0.1, 0.15) is 33.6 Å². The normalized spacial score (nSPS) is 17.8. The molecule has 7 heteroatoms. The van der Waals surface area contributed by atoms with E-state index in [1.165, 1.54) is 0 Å².